The normalized spacial score (nSPS) is 14.6. The molecule has 0 aromatic heterocycles. The van der Waals surface area contributed by atoms with E-state index in [9.17, 15) is 5.11 Å². The fourth-order valence-electron chi connectivity index (χ4n) is 1.68. The molecule has 1 rings (SSSR count). The Bertz CT molecular complexity index is 355. The summed E-state index contributed by atoms with van der Waals surface area (Å²) in [4.78, 5) is 0. The maximum atomic E-state index is 9.30. The van der Waals surface area contributed by atoms with E-state index in [-0.39, 0.29) is 12.6 Å². The first-order valence-electron chi connectivity index (χ1n) is 6.20. The Hall–Kier alpha value is -1.10. The van der Waals surface area contributed by atoms with E-state index in [2.05, 4.69) is 19.9 Å². The second kappa shape index (κ2) is 7.36. The van der Waals surface area contributed by atoms with Crippen molar-refractivity contribution in [2.45, 2.75) is 31.9 Å². The van der Waals surface area contributed by atoms with Crippen LogP contribution < -0.4 is 10.5 Å². The molecule has 2 atom stereocenters. The van der Waals surface area contributed by atoms with Gasteiger partial charge in [0, 0.05) is 7.11 Å². The first-order valence-corrected chi connectivity index (χ1v) is 6.20. The van der Waals surface area contributed by atoms with Gasteiger partial charge in [0.2, 0.25) is 0 Å². The molecule has 3 N–H and O–H groups in total. The van der Waals surface area contributed by atoms with Crippen molar-refractivity contribution < 1.29 is 14.6 Å². The van der Waals surface area contributed by atoms with Crippen molar-refractivity contribution in [2.24, 2.45) is 5.73 Å². The summed E-state index contributed by atoms with van der Waals surface area (Å²) < 4.78 is 10.7. The number of hydrogen-bond acceptors (Lipinski definition) is 4. The summed E-state index contributed by atoms with van der Waals surface area (Å²) in [5.41, 5.74) is 7.07. The quantitative estimate of drug-likeness (QED) is 0.773. The summed E-state index contributed by atoms with van der Waals surface area (Å²) in [5.74, 6) is 1.17. The van der Waals surface area contributed by atoms with Gasteiger partial charge in [0.15, 0.2) is 0 Å². The topological polar surface area (TPSA) is 64.7 Å². The minimum Gasteiger partial charge on any atom is -0.486 e. The van der Waals surface area contributed by atoms with Crippen LogP contribution in [0.3, 0.4) is 0 Å². The van der Waals surface area contributed by atoms with Crippen molar-refractivity contribution in [2.75, 3.05) is 20.3 Å². The number of methoxy groups -OCH3 is 1. The van der Waals surface area contributed by atoms with Crippen LogP contribution in [0.2, 0.25) is 0 Å². The smallest absolute Gasteiger partial charge is 0.139 e. The molecule has 0 saturated heterocycles. The minimum atomic E-state index is -0.452. The second-order valence-electron chi connectivity index (χ2n) is 4.69. The Labute approximate surface area is 109 Å². The number of aliphatic hydroxyl groups is 1. The molecule has 0 aliphatic heterocycles. The summed E-state index contributed by atoms with van der Waals surface area (Å²) >= 11 is 0. The van der Waals surface area contributed by atoms with Gasteiger partial charge in [-0.2, -0.15) is 0 Å². The molecule has 0 aliphatic carbocycles. The molecule has 0 heterocycles. The van der Waals surface area contributed by atoms with E-state index in [1.54, 1.807) is 7.11 Å². The first-order chi connectivity index (χ1) is 8.58. The molecule has 1 aromatic carbocycles. The van der Waals surface area contributed by atoms with E-state index in [1.165, 1.54) is 5.56 Å². The minimum absolute atomic E-state index is 0.129. The third kappa shape index (κ3) is 4.29. The molecule has 0 fully saturated rings. The first kappa shape index (κ1) is 15.0. The molecule has 0 saturated carbocycles. The van der Waals surface area contributed by atoms with Gasteiger partial charge in [0.05, 0.1) is 19.3 Å². The average Bonchev–Trinajstić information content (AvgIpc) is 2.36. The maximum absolute atomic E-state index is 9.30. The van der Waals surface area contributed by atoms with Gasteiger partial charge in [-0.1, -0.05) is 26.0 Å². The molecular formula is C14H23NO3. The zero-order chi connectivity index (χ0) is 13.5. The lowest BCUT2D eigenvalue weighted by Gasteiger charge is -2.23. The summed E-state index contributed by atoms with van der Waals surface area (Å²) in [6.07, 6.45) is -0.452. The van der Waals surface area contributed by atoms with E-state index in [4.69, 9.17) is 15.2 Å². The SMILES string of the molecule is COCC(N)C(CO)Oc1cccc(C(C)C)c1. The zero-order valence-corrected chi connectivity index (χ0v) is 11.3. The van der Waals surface area contributed by atoms with Crippen molar-refractivity contribution in [3.63, 3.8) is 0 Å². The van der Waals surface area contributed by atoms with Gasteiger partial charge in [-0.25, -0.2) is 0 Å². The second-order valence-corrected chi connectivity index (χ2v) is 4.69. The maximum Gasteiger partial charge on any atom is 0.139 e. The van der Waals surface area contributed by atoms with Crippen molar-refractivity contribution in [3.8, 4) is 5.75 Å². The Morgan fingerprint density at radius 2 is 2.06 bits per heavy atom. The molecule has 0 radical (unpaired) electrons. The molecule has 0 bridgehead atoms. The molecule has 18 heavy (non-hydrogen) atoms. The molecule has 4 nitrogen and oxygen atoms in total. The number of rotatable bonds is 7. The summed E-state index contributed by atoms with van der Waals surface area (Å²) in [7, 11) is 1.58. The van der Waals surface area contributed by atoms with Crippen LogP contribution in [0.15, 0.2) is 24.3 Å². The van der Waals surface area contributed by atoms with Crippen LogP contribution in [0, 0.1) is 0 Å². The van der Waals surface area contributed by atoms with Crippen LogP contribution in [0.4, 0.5) is 0 Å². The average molecular weight is 253 g/mol. The Balaban J connectivity index is 2.72. The highest BCUT2D eigenvalue weighted by Gasteiger charge is 2.18. The van der Waals surface area contributed by atoms with E-state index < -0.39 is 6.10 Å². The molecule has 1 aromatic rings. The standard InChI is InChI=1S/C14H23NO3/c1-10(2)11-5-4-6-12(7-11)18-14(8-16)13(15)9-17-3/h4-7,10,13-14,16H,8-9,15H2,1-3H3. The van der Waals surface area contributed by atoms with Crippen LogP contribution in [0.5, 0.6) is 5.75 Å². The Kier molecular flexibility index (Phi) is 6.12. The number of aliphatic hydroxyl groups excluding tert-OH is 1. The van der Waals surface area contributed by atoms with Crippen molar-refractivity contribution in [1.82, 2.24) is 0 Å². The third-order valence-corrected chi connectivity index (χ3v) is 2.83. The predicted octanol–water partition coefficient (Wildman–Crippen LogP) is 1.52. The molecule has 2 unspecified atom stereocenters. The molecular weight excluding hydrogens is 230 g/mol. The molecule has 0 spiro atoms. The summed E-state index contributed by atoms with van der Waals surface area (Å²) in [6.45, 7) is 4.48. The molecule has 102 valence electrons. The lowest BCUT2D eigenvalue weighted by molar-refractivity contribution is 0.0604. The van der Waals surface area contributed by atoms with Crippen LogP contribution in [-0.2, 0) is 4.74 Å². The van der Waals surface area contributed by atoms with Gasteiger partial charge in [-0.3, -0.25) is 0 Å². The fourth-order valence-corrected chi connectivity index (χ4v) is 1.68. The highest BCUT2D eigenvalue weighted by Crippen LogP contribution is 2.21. The van der Waals surface area contributed by atoms with Crippen LogP contribution >= 0.6 is 0 Å². The lowest BCUT2D eigenvalue weighted by atomic mass is 10.0. The molecule has 0 aliphatic rings. The van der Waals surface area contributed by atoms with Gasteiger partial charge >= 0.3 is 0 Å². The van der Waals surface area contributed by atoms with E-state index in [0.717, 1.165) is 5.75 Å². The van der Waals surface area contributed by atoms with Crippen LogP contribution in [0.1, 0.15) is 25.3 Å². The van der Waals surface area contributed by atoms with Gasteiger partial charge in [0.1, 0.15) is 11.9 Å². The van der Waals surface area contributed by atoms with Crippen molar-refractivity contribution >= 4 is 0 Å². The van der Waals surface area contributed by atoms with Gasteiger partial charge in [-0.15, -0.1) is 0 Å². The molecule has 0 amide bonds. The van der Waals surface area contributed by atoms with Gasteiger partial charge in [0.25, 0.3) is 0 Å². The van der Waals surface area contributed by atoms with Gasteiger partial charge < -0.3 is 20.3 Å². The monoisotopic (exact) mass is 253 g/mol. The van der Waals surface area contributed by atoms with Crippen molar-refractivity contribution in [3.05, 3.63) is 29.8 Å². The van der Waals surface area contributed by atoms with E-state index in [0.29, 0.717) is 12.5 Å². The predicted molar refractivity (Wildman–Crippen MR) is 71.9 cm³/mol. The highest BCUT2D eigenvalue weighted by atomic mass is 16.5. The summed E-state index contributed by atoms with van der Waals surface area (Å²) in [6, 6.07) is 7.50. The summed E-state index contributed by atoms with van der Waals surface area (Å²) in [5, 5.41) is 9.30. The number of hydrogen-bond donors (Lipinski definition) is 2. The van der Waals surface area contributed by atoms with Crippen LogP contribution in [-0.4, -0.2) is 37.6 Å². The van der Waals surface area contributed by atoms with E-state index in [1.807, 2.05) is 18.2 Å². The van der Waals surface area contributed by atoms with Gasteiger partial charge in [-0.05, 0) is 23.6 Å². The zero-order valence-electron chi connectivity index (χ0n) is 11.3. The highest BCUT2D eigenvalue weighted by molar-refractivity contribution is 5.30. The Morgan fingerprint density at radius 1 is 1.33 bits per heavy atom. The van der Waals surface area contributed by atoms with E-state index >= 15 is 0 Å². The number of ether oxygens (including phenoxy) is 2. The largest absolute Gasteiger partial charge is 0.486 e. The van der Waals surface area contributed by atoms with Crippen molar-refractivity contribution in [1.29, 1.82) is 0 Å². The Morgan fingerprint density at radius 3 is 2.61 bits per heavy atom. The fraction of sp³-hybridized carbons (Fsp3) is 0.571. The molecule has 4 heteroatoms. The number of benzene rings is 1. The van der Waals surface area contributed by atoms with Crippen LogP contribution in [0.25, 0.3) is 0 Å². The lowest BCUT2D eigenvalue weighted by Crippen LogP contribution is -2.44. The third-order valence-electron chi connectivity index (χ3n) is 2.83. The number of nitrogens with two attached hydrogens (primary N) is 1.